The zero-order valence-corrected chi connectivity index (χ0v) is 12.8. The van der Waals surface area contributed by atoms with E-state index in [4.69, 9.17) is 11.6 Å². The van der Waals surface area contributed by atoms with Crippen LogP contribution in [-0.4, -0.2) is 14.5 Å². The Bertz CT molecular complexity index is 797. The highest BCUT2D eigenvalue weighted by atomic mass is 35.5. The van der Waals surface area contributed by atoms with Crippen LogP contribution in [0.4, 0.5) is 8.78 Å². The van der Waals surface area contributed by atoms with Crippen LogP contribution in [0.1, 0.15) is 22.6 Å². The molecule has 7 heteroatoms. The summed E-state index contributed by atoms with van der Waals surface area (Å²) in [4.78, 5) is 9.71. The summed E-state index contributed by atoms with van der Waals surface area (Å²) < 4.78 is 29.2. The monoisotopic (exact) mass is 327 g/mol. The average molecular weight is 328 g/mol. The molecule has 0 aliphatic rings. The van der Waals surface area contributed by atoms with Gasteiger partial charge < -0.3 is 4.57 Å². The van der Waals surface area contributed by atoms with Crippen LogP contribution in [0, 0.1) is 11.6 Å². The number of hydrogen-bond acceptors (Lipinski definition) is 3. The Kier molecular flexibility index (Phi) is 3.91. The summed E-state index contributed by atoms with van der Waals surface area (Å²) in [6.45, 7) is 2.38. The Morgan fingerprint density at radius 1 is 1.33 bits per heavy atom. The molecule has 0 saturated heterocycles. The molecule has 3 rings (SSSR count). The van der Waals surface area contributed by atoms with Crippen molar-refractivity contribution in [1.29, 1.82) is 0 Å². The molecule has 0 fully saturated rings. The van der Waals surface area contributed by atoms with Gasteiger partial charge in [-0.15, -0.1) is 22.9 Å². The molecule has 110 valence electrons. The Labute approximate surface area is 129 Å². The van der Waals surface area contributed by atoms with Crippen molar-refractivity contribution >= 4 is 34.0 Å². The van der Waals surface area contributed by atoms with Crippen LogP contribution in [0.3, 0.4) is 0 Å². The molecule has 0 spiro atoms. The van der Waals surface area contributed by atoms with Gasteiger partial charge in [0.2, 0.25) is 0 Å². The first-order valence-corrected chi connectivity index (χ1v) is 7.81. The third kappa shape index (κ3) is 2.53. The average Bonchev–Trinajstić information content (AvgIpc) is 3.08. The van der Waals surface area contributed by atoms with E-state index in [1.54, 1.807) is 22.1 Å². The van der Waals surface area contributed by atoms with Crippen molar-refractivity contribution < 1.29 is 8.78 Å². The van der Waals surface area contributed by atoms with Crippen molar-refractivity contribution in [2.24, 2.45) is 0 Å². The SMILES string of the molecule is CCc1cnc(Cn2c(CCl)nc3ccc(F)c(F)c32)s1. The molecule has 21 heavy (non-hydrogen) atoms. The van der Waals surface area contributed by atoms with E-state index in [-0.39, 0.29) is 11.4 Å². The summed E-state index contributed by atoms with van der Waals surface area (Å²) in [5.41, 5.74) is 0.538. The van der Waals surface area contributed by atoms with Gasteiger partial charge in [0.15, 0.2) is 11.6 Å². The number of alkyl halides is 1. The maximum Gasteiger partial charge on any atom is 0.184 e. The molecule has 0 saturated carbocycles. The molecular weight excluding hydrogens is 316 g/mol. The number of hydrogen-bond donors (Lipinski definition) is 0. The molecular formula is C14H12ClF2N3S. The second-order valence-corrected chi connectivity index (χ2v) is 6.02. The molecule has 1 aromatic carbocycles. The fraction of sp³-hybridized carbons (Fsp3) is 0.286. The van der Waals surface area contributed by atoms with Crippen molar-refractivity contribution in [2.45, 2.75) is 25.8 Å². The molecule has 0 aliphatic heterocycles. The van der Waals surface area contributed by atoms with E-state index < -0.39 is 11.6 Å². The summed E-state index contributed by atoms with van der Waals surface area (Å²) in [5, 5.41) is 0.821. The van der Waals surface area contributed by atoms with Crippen molar-refractivity contribution in [3.63, 3.8) is 0 Å². The minimum absolute atomic E-state index is 0.127. The summed E-state index contributed by atoms with van der Waals surface area (Å²) in [6.07, 6.45) is 2.70. The number of imidazole rings is 1. The molecule has 2 heterocycles. The normalized spacial score (nSPS) is 11.4. The molecule has 0 unspecified atom stereocenters. The lowest BCUT2D eigenvalue weighted by Crippen LogP contribution is -2.05. The summed E-state index contributed by atoms with van der Waals surface area (Å²) in [6, 6.07) is 2.53. The topological polar surface area (TPSA) is 30.7 Å². The molecule has 0 amide bonds. The Morgan fingerprint density at radius 3 is 2.81 bits per heavy atom. The minimum Gasteiger partial charge on any atom is -0.318 e. The minimum atomic E-state index is -0.899. The summed E-state index contributed by atoms with van der Waals surface area (Å²) in [5.74, 6) is -1.16. The highest BCUT2D eigenvalue weighted by Gasteiger charge is 2.18. The molecule has 0 bridgehead atoms. The van der Waals surface area contributed by atoms with Crippen LogP contribution in [-0.2, 0) is 18.8 Å². The van der Waals surface area contributed by atoms with Crippen LogP contribution in [0.2, 0.25) is 0 Å². The third-order valence-electron chi connectivity index (χ3n) is 3.24. The van der Waals surface area contributed by atoms with E-state index in [1.165, 1.54) is 6.07 Å². The molecule has 0 atom stereocenters. The van der Waals surface area contributed by atoms with Gasteiger partial charge in [0.1, 0.15) is 16.3 Å². The van der Waals surface area contributed by atoms with Crippen LogP contribution >= 0.6 is 22.9 Å². The van der Waals surface area contributed by atoms with Gasteiger partial charge in [-0.2, -0.15) is 0 Å². The van der Waals surface area contributed by atoms with E-state index in [0.29, 0.717) is 17.9 Å². The maximum atomic E-state index is 14.1. The van der Waals surface area contributed by atoms with E-state index in [9.17, 15) is 8.78 Å². The van der Waals surface area contributed by atoms with Crippen LogP contribution in [0.15, 0.2) is 18.3 Å². The molecule has 0 aliphatic carbocycles. The first-order chi connectivity index (χ1) is 10.1. The predicted octanol–water partition coefficient (Wildman–Crippen LogP) is 4.12. The van der Waals surface area contributed by atoms with Crippen molar-refractivity contribution in [2.75, 3.05) is 0 Å². The first-order valence-electron chi connectivity index (χ1n) is 6.46. The van der Waals surface area contributed by atoms with Gasteiger partial charge in [-0.25, -0.2) is 18.7 Å². The number of rotatable bonds is 4. The second kappa shape index (κ2) is 5.69. The number of fused-ring (bicyclic) bond motifs is 1. The zero-order chi connectivity index (χ0) is 15.0. The summed E-state index contributed by atoms with van der Waals surface area (Å²) in [7, 11) is 0. The van der Waals surface area contributed by atoms with Gasteiger partial charge in [0.05, 0.1) is 17.9 Å². The Morgan fingerprint density at radius 2 is 2.14 bits per heavy atom. The molecule has 0 radical (unpaired) electrons. The fourth-order valence-corrected chi connectivity index (χ4v) is 3.25. The quantitative estimate of drug-likeness (QED) is 0.675. The van der Waals surface area contributed by atoms with E-state index in [2.05, 4.69) is 9.97 Å². The first kappa shape index (κ1) is 14.4. The van der Waals surface area contributed by atoms with Crippen LogP contribution in [0.25, 0.3) is 11.0 Å². The van der Waals surface area contributed by atoms with Gasteiger partial charge in [-0.1, -0.05) is 6.92 Å². The highest BCUT2D eigenvalue weighted by Crippen LogP contribution is 2.25. The molecule has 2 aromatic heterocycles. The van der Waals surface area contributed by atoms with Crippen LogP contribution in [0.5, 0.6) is 0 Å². The third-order valence-corrected chi connectivity index (χ3v) is 4.61. The van der Waals surface area contributed by atoms with Crippen LogP contribution < -0.4 is 0 Å². The van der Waals surface area contributed by atoms with Gasteiger partial charge in [-0.05, 0) is 18.6 Å². The van der Waals surface area contributed by atoms with Gasteiger partial charge >= 0.3 is 0 Å². The highest BCUT2D eigenvalue weighted by molar-refractivity contribution is 7.11. The lowest BCUT2D eigenvalue weighted by Gasteiger charge is -2.06. The number of halogens is 3. The number of aryl methyl sites for hydroxylation is 1. The lowest BCUT2D eigenvalue weighted by molar-refractivity contribution is 0.512. The van der Waals surface area contributed by atoms with Gasteiger partial charge in [0, 0.05) is 11.1 Å². The number of thiazole rings is 1. The fourth-order valence-electron chi connectivity index (χ4n) is 2.20. The van der Waals surface area contributed by atoms with E-state index >= 15 is 0 Å². The predicted molar refractivity (Wildman–Crippen MR) is 79.8 cm³/mol. The molecule has 3 nitrogen and oxygen atoms in total. The smallest absolute Gasteiger partial charge is 0.184 e. The van der Waals surface area contributed by atoms with Crippen molar-refractivity contribution in [3.8, 4) is 0 Å². The zero-order valence-electron chi connectivity index (χ0n) is 11.2. The molecule has 3 aromatic rings. The number of nitrogens with zero attached hydrogens (tertiary/aromatic N) is 3. The maximum absolute atomic E-state index is 14.1. The Hall–Kier alpha value is -1.53. The standard InChI is InChI=1S/C14H12ClF2N3S/c1-2-8-6-18-12(21-8)7-20-11(5-15)19-10-4-3-9(16)13(17)14(10)20/h3-4,6H,2,5,7H2,1H3. The molecule has 0 N–H and O–H groups in total. The number of benzene rings is 1. The largest absolute Gasteiger partial charge is 0.318 e. The van der Waals surface area contributed by atoms with E-state index in [0.717, 1.165) is 22.4 Å². The van der Waals surface area contributed by atoms with E-state index in [1.807, 2.05) is 6.92 Å². The Balaban J connectivity index is 2.13. The summed E-state index contributed by atoms with van der Waals surface area (Å²) >= 11 is 7.43. The van der Waals surface area contributed by atoms with Gasteiger partial charge in [0.25, 0.3) is 0 Å². The number of aromatic nitrogens is 3. The van der Waals surface area contributed by atoms with Gasteiger partial charge in [-0.3, -0.25) is 0 Å². The van der Waals surface area contributed by atoms with Crippen molar-refractivity contribution in [3.05, 3.63) is 45.7 Å². The second-order valence-electron chi connectivity index (χ2n) is 4.55. The lowest BCUT2D eigenvalue weighted by atomic mass is 10.3. The van der Waals surface area contributed by atoms with Crippen molar-refractivity contribution in [1.82, 2.24) is 14.5 Å².